The van der Waals surface area contributed by atoms with Gasteiger partial charge in [-0.05, 0) is 39.6 Å². The Bertz CT molecular complexity index is 2170. The van der Waals surface area contributed by atoms with Gasteiger partial charge in [-0.2, -0.15) is 5.10 Å². The summed E-state index contributed by atoms with van der Waals surface area (Å²) in [5.74, 6) is 1.61. The Morgan fingerprint density at radius 3 is 2.12 bits per heavy atom. The van der Waals surface area contributed by atoms with E-state index in [9.17, 15) is 0 Å². The van der Waals surface area contributed by atoms with Crippen LogP contribution in [0.2, 0.25) is 0 Å². The van der Waals surface area contributed by atoms with Crippen molar-refractivity contribution >= 4 is 42.3 Å². The topological polar surface area (TPSA) is 30.7 Å². The Labute approximate surface area is 242 Å². The highest BCUT2D eigenvalue weighted by Gasteiger charge is 2.16. The van der Waals surface area contributed by atoms with Crippen molar-refractivity contribution in [3.8, 4) is 33.9 Å². The average Bonchev–Trinajstić information content (AvgIpc) is 3.64. The molecule has 194 valence electrons. The minimum Gasteiger partial charge on any atom is -0.241 e. The van der Waals surface area contributed by atoms with Crippen molar-refractivity contribution < 1.29 is 0 Å². The molecule has 0 radical (unpaired) electrons. The molecule has 0 aliphatic carbocycles. The van der Waals surface area contributed by atoms with E-state index in [-0.39, 0.29) is 0 Å². The summed E-state index contributed by atoms with van der Waals surface area (Å²) in [6.07, 6.45) is 0. The number of rotatable bonds is 5. The van der Waals surface area contributed by atoms with Gasteiger partial charge in [0, 0.05) is 31.3 Å². The van der Waals surface area contributed by atoms with Crippen LogP contribution in [-0.2, 0) is 6.54 Å². The number of thiophene rings is 1. The van der Waals surface area contributed by atoms with Gasteiger partial charge in [-0.25, -0.2) is 9.67 Å². The molecule has 2 heterocycles. The summed E-state index contributed by atoms with van der Waals surface area (Å²) in [4.78, 5) is 5.07. The van der Waals surface area contributed by atoms with Crippen LogP contribution in [-0.4, -0.2) is 14.8 Å². The van der Waals surface area contributed by atoms with Crippen molar-refractivity contribution in [3.63, 3.8) is 0 Å². The van der Waals surface area contributed by atoms with Crippen molar-refractivity contribution in [2.75, 3.05) is 0 Å². The van der Waals surface area contributed by atoms with Crippen molar-refractivity contribution in [1.29, 1.82) is 0 Å². The largest absolute Gasteiger partial charge is 0.241 e. The van der Waals surface area contributed by atoms with Crippen LogP contribution in [0.25, 0.3) is 64.8 Å². The molecule has 0 saturated heterocycles. The van der Waals surface area contributed by atoms with E-state index in [1.807, 2.05) is 17.4 Å². The zero-order valence-corrected chi connectivity index (χ0v) is 23.1. The summed E-state index contributed by atoms with van der Waals surface area (Å²) in [6, 6.07) is 49.3. The molecule has 8 rings (SSSR count). The van der Waals surface area contributed by atoms with E-state index < -0.39 is 0 Å². The third-order valence-electron chi connectivity index (χ3n) is 7.74. The zero-order valence-electron chi connectivity index (χ0n) is 22.2. The molecule has 0 unspecified atom stereocenters. The molecule has 0 saturated carbocycles. The van der Waals surface area contributed by atoms with Gasteiger partial charge in [0.25, 0.3) is 0 Å². The van der Waals surface area contributed by atoms with Gasteiger partial charge in [-0.15, -0.1) is 11.3 Å². The Balaban J connectivity index is 1.19. The monoisotopic (exact) mass is 543 g/mol. The first-order valence-corrected chi connectivity index (χ1v) is 14.6. The second kappa shape index (κ2) is 9.84. The van der Waals surface area contributed by atoms with Crippen molar-refractivity contribution in [2.24, 2.45) is 0 Å². The highest BCUT2D eigenvalue weighted by atomic mass is 32.1. The standard InChI is InChI=1S/C37H25N3S/c1-2-10-28(11-3-1)37-38-36(27-20-17-26(18-21-27)30-22-19-25-9-4-5-12-29(25)23-30)39-40(37)24-31-13-8-15-33-32-14-6-7-16-34(32)41-35(31)33/h1-23H,24H2. The lowest BCUT2D eigenvalue weighted by atomic mass is 10.0. The van der Waals surface area contributed by atoms with Crippen molar-refractivity contribution in [1.82, 2.24) is 14.8 Å². The highest BCUT2D eigenvalue weighted by molar-refractivity contribution is 7.26. The Morgan fingerprint density at radius 2 is 1.24 bits per heavy atom. The molecule has 6 aromatic carbocycles. The number of nitrogens with zero attached hydrogens (tertiary/aromatic N) is 3. The molecule has 2 aromatic heterocycles. The average molecular weight is 544 g/mol. The van der Waals surface area contributed by atoms with Gasteiger partial charge in [0.2, 0.25) is 0 Å². The summed E-state index contributed by atoms with van der Waals surface area (Å²) in [5.41, 5.74) is 5.70. The maximum Gasteiger partial charge on any atom is 0.181 e. The maximum atomic E-state index is 5.07. The van der Waals surface area contributed by atoms with Gasteiger partial charge in [0.05, 0.1) is 6.54 Å². The van der Waals surface area contributed by atoms with Crippen LogP contribution in [0.5, 0.6) is 0 Å². The van der Waals surface area contributed by atoms with Crippen LogP contribution < -0.4 is 0 Å². The second-order valence-corrected chi connectivity index (χ2v) is 11.4. The minimum atomic E-state index is 0.649. The van der Waals surface area contributed by atoms with E-state index in [1.165, 1.54) is 47.6 Å². The van der Waals surface area contributed by atoms with Crippen LogP contribution >= 0.6 is 11.3 Å². The first-order chi connectivity index (χ1) is 20.3. The lowest BCUT2D eigenvalue weighted by Crippen LogP contribution is -2.04. The van der Waals surface area contributed by atoms with E-state index in [2.05, 4.69) is 138 Å². The second-order valence-electron chi connectivity index (χ2n) is 10.3. The molecule has 0 atom stereocenters. The number of benzene rings is 6. The minimum absolute atomic E-state index is 0.649. The third-order valence-corrected chi connectivity index (χ3v) is 9.00. The van der Waals surface area contributed by atoms with Gasteiger partial charge in [0.15, 0.2) is 11.6 Å². The summed E-state index contributed by atoms with van der Waals surface area (Å²) in [6.45, 7) is 0.649. The molecule has 0 aliphatic heterocycles. The Hall–Kier alpha value is -5.06. The number of hydrogen-bond acceptors (Lipinski definition) is 3. The fourth-order valence-electron chi connectivity index (χ4n) is 5.65. The molecule has 0 aliphatic rings. The van der Waals surface area contributed by atoms with E-state index in [4.69, 9.17) is 10.1 Å². The van der Waals surface area contributed by atoms with Gasteiger partial charge in [-0.3, -0.25) is 0 Å². The zero-order chi connectivity index (χ0) is 27.2. The molecule has 3 nitrogen and oxygen atoms in total. The van der Waals surface area contributed by atoms with Crippen LogP contribution in [0.4, 0.5) is 0 Å². The van der Waals surface area contributed by atoms with Crippen LogP contribution in [0.3, 0.4) is 0 Å². The SMILES string of the molecule is c1ccc(-c2nc(-c3ccc(-c4ccc5ccccc5c4)cc3)nn2Cc2cccc3c2sc2ccccc23)cc1. The van der Waals surface area contributed by atoms with Crippen LogP contribution in [0.15, 0.2) is 140 Å². The molecule has 0 bridgehead atoms. The number of hydrogen-bond donors (Lipinski definition) is 0. The van der Waals surface area contributed by atoms with Crippen LogP contribution in [0.1, 0.15) is 5.56 Å². The molecule has 0 spiro atoms. The first kappa shape index (κ1) is 23.8. The predicted octanol–water partition coefficient (Wildman–Crippen LogP) is 9.85. The van der Waals surface area contributed by atoms with E-state index in [0.29, 0.717) is 6.54 Å². The lowest BCUT2D eigenvalue weighted by Gasteiger charge is -2.07. The van der Waals surface area contributed by atoms with Gasteiger partial charge < -0.3 is 0 Å². The highest BCUT2D eigenvalue weighted by Crippen LogP contribution is 2.36. The first-order valence-electron chi connectivity index (χ1n) is 13.8. The summed E-state index contributed by atoms with van der Waals surface area (Å²) in [7, 11) is 0. The molecule has 0 fully saturated rings. The summed E-state index contributed by atoms with van der Waals surface area (Å²) >= 11 is 1.85. The molecule has 0 N–H and O–H groups in total. The molecule has 4 heteroatoms. The number of fused-ring (bicyclic) bond motifs is 4. The quantitative estimate of drug-likeness (QED) is 0.216. The fraction of sp³-hybridized carbons (Fsp3) is 0.0270. The third kappa shape index (κ3) is 4.30. The van der Waals surface area contributed by atoms with Crippen molar-refractivity contribution in [2.45, 2.75) is 6.54 Å². The van der Waals surface area contributed by atoms with E-state index in [0.717, 1.165) is 22.8 Å². The van der Waals surface area contributed by atoms with Gasteiger partial charge >= 0.3 is 0 Å². The Morgan fingerprint density at radius 1 is 0.537 bits per heavy atom. The fourth-order valence-corrected chi connectivity index (χ4v) is 6.85. The number of aromatic nitrogens is 3. The smallest absolute Gasteiger partial charge is 0.181 e. The molecule has 8 aromatic rings. The molecular formula is C37H25N3S. The maximum absolute atomic E-state index is 5.07. The van der Waals surface area contributed by atoms with E-state index in [1.54, 1.807) is 0 Å². The molecule has 41 heavy (non-hydrogen) atoms. The van der Waals surface area contributed by atoms with Crippen LogP contribution in [0, 0.1) is 0 Å². The summed E-state index contributed by atoms with van der Waals surface area (Å²) in [5, 5.41) is 10.2. The van der Waals surface area contributed by atoms with Gasteiger partial charge in [-0.1, -0.05) is 127 Å². The van der Waals surface area contributed by atoms with E-state index >= 15 is 0 Å². The molecular weight excluding hydrogens is 518 g/mol. The normalized spacial score (nSPS) is 11.5. The predicted molar refractivity (Wildman–Crippen MR) is 172 cm³/mol. The Kier molecular flexibility index (Phi) is 5.71. The molecule has 0 amide bonds. The summed E-state index contributed by atoms with van der Waals surface area (Å²) < 4.78 is 4.68. The van der Waals surface area contributed by atoms with Crippen molar-refractivity contribution in [3.05, 3.63) is 145 Å². The lowest BCUT2D eigenvalue weighted by molar-refractivity contribution is 0.699. The van der Waals surface area contributed by atoms with Gasteiger partial charge in [0.1, 0.15) is 0 Å².